The number of sulfonamides is 1. The van der Waals surface area contributed by atoms with Gasteiger partial charge in [0.1, 0.15) is 0 Å². The van der Waals surface area contributed by atoms with Gasteiger partial charge in [-0.3, -0.25) is 0 Å². The van der Waals surface area contributed by atoms with Crippen LogP contribution >= 0.6 is 0 Å². The number of benzene rings is 1. The molecule has 1 aliphatic heterocycles. The number of aryl methyl sites for hydroxylation is 1. The summed E-state index contributed by atoms with van der Waals surface area (Å²) in [6.45, 7) is 12.9. The van der Waals surface area contributed by atoms with Crippen LogP contribution in [0.5, 0.6) is 0 Å². The fourth-order valence-corrected chi connectivity index (χ4v) is 4.72. The van der Waals surface area contributed by atoms with Crippen molar-refractivity contribution in [1.29, 1.82) is 0 Å². The summed E-state index contributed by atoms with van der Waals surface area (Å²) in [4.78, 5) is 0.389. The fourth-order valence-electron chi connectivity index (χ4n) is 2.88. The van der Waals surface area contributed by atoms with E-state index in [9.17, 15) is 8.42 Å². The number of hydrogen-bond donors (Lipinski definition) is 0. The zero-order valence-corrected chi connectivity index (χ0v) is 15.3. The average molecular weight is 321 g/mol. The van der Waals surface area contributed by atoms with Crippen LogP contribution in [0.4, 0.5) is 0 Å². The SMILES string of the molecule is CC1=C(C)CN(S(=O)(=O)c2ccc(C)cc2)C(C(C)(C)C)C1. The van der Waals surface area contributed by atoms with Crippen molar-refractivity contribution in [3.8, 4) is 0 Å². The first kappa shape index (κ1) is 17.2. The predicted octanol–water partition coefficient (Wildman–Crippen LogP) is 4.14. The van der Waals surface area contributed by atoms with Crippen LogP contribution in [0.15, 0.2) is 40.3 Å². The van der Waals surface area contributed by atoms with Crippen molar-refractivity contribution < 1.29 is 8.42 Å². The molecular formula is C18H27NO2S. The minimum absolute atomic E-state index is 0.0116. The summed E-state index contributed by atoms with van der Waals surface area (Å²) in [7, 11) is -3.47. The molecule has 1 aliphatic rings. The van der Waals surface area contributed by atoms with Crippen LogP contribution in [0.25, 0.3) is 0 Å². The molecule has 0 saturated carbocycles. The Hall–Kier alpha value is -1.13. The van der Waals surface area contributed by atoms with Gasteiger partial charge in [0.2, 0.25) is 10.0 Å². The first-order valence-corrected chi connectivity index (χ1v) is 9.21. The molecule has 0 bridgehead atoms. The fraction of sp³-hybridized carbons (Fsp3) is 0.556. The molecule has 0 fully saturated rings. The van der Waals surface area contributed by atoms with Crippen LogP contribution in [-0.2, 0) is 10.0 Å². The first-order chi connectivity index (χ1) is 10.0. The monoisotopic (exact) mass is 321 g/mol. The summed E-state index contributed by atoms with van der Waals surface area (Å²) in [5.41, 5.74) is 3.45. The van der Waals surface area contributed by atoms with Gasteiger partial charge in [-0.1, -0.05) is 49.6 Å². The molecular weight excluding hydrogens is 294 g/mol. The maximum absolute atomic E-state index is 13.1. The Balaban J connectivity index is 2.49. The van der Waals surface area contributed by atoms with Crippen molar-refractivity contribution in [2.24, 2.45) is 5.41 Å². The molecule has 0 radical (unpaired) electrons. The summed E-state index contributed by atoms with van der Waals surface area (Å²) >= 11 is 0. The number of rotatable bonds is 2. The Morgan fingerprint density at radius 1 is 1.00 bits per heavy atom. The molecule has 3 nitrogen and oxygen atoms in total. The molecule has 1 atom stereocenters. The molecule has 1 aromatic rings. The Labute approximate surface area is 135 Å². The summed E-state index contributed by atoms with van der Waals surface area (Å²) in [6, 6.07) is 7.13. The smallest absolute Gasteiger partial charge is 0.207 e. The van der Waals surface area contributed by atoms with E-state index in [1.807, 2.05) is 26.0 Å². The molecule has 1 heterocycles. The highest BCUT2D eigenvalue weighted by Gasteiger charge is 2.40. The van der Waals surface area contributed by atoms with Gasteiger partial charge in [0, 0.05) is 12.6 Å². The quantitative estimate of drug-likeness (QED) is 0.768. The molecule has 0 saturated heterocycles. The van der Waals surface area contributed by atoms with E-state index >= 15 is 0 Å². The van der Waals surface area contributed by atoms with Crippen molar-refractivity contribution in [3.63, 3.8) is 0 Å². The van der Waals surface area contributed by atoms with Gasteiger partial charge in [0.25, 0.3) is 0 Å². The molecule has 22 heavy (non-hydrogen) atoms. The van der Waals surface area contributed by atoms with E-state index < -0.39 is 10.0 Å². The second-order valence-electron chi connectivity index (χ2n) is 7.51. The van der Waals surface area contributed by atoms with E-state index in [1.54, 1.807) is 16.4 Å². The summed E-state index contributed by atoms with van der Waals surface area (Å²) in [6.07, 6.45) is 0.806. The third-order valence-corrected chi connectivity index (χ3v) is 6.46. The Bertz CT molecular complexity index is 679. The van der Waals surface area contributed by atoms with Gasteiger partial charge in [0.15, 0.2) is 0 Å². The normalized spacial score (nSPS) is 21.3. The highest BCUT2D eigenvalue weighted by atomic mass is 32.2. The Kier molecular flexibility index (Phi) is 4.56. The van der Waals surface area contributed by atoms with Crippen LogP contribution in [0.2, 0.25) is 0 Å². The lowest BCUT2D eigenvalue weighted by Crippen LogP contribution is -2.50. The van der Waals surface area contributed by atoms with Crippen molar-refractivity contribution in [1.82, 2.24) is 4.31 Å². The van der Waals surface area contributed by atoms with Crippen LogP contribution in [0.1, 0.15) is 46.6 Å². The van der Waals surface area contributed by atoms with Crippen LogP contribution in [0.3, 0.4) is 0 Å². The topological polar surface area (TPSA) is 37.4 Å². The van der Waals surface area contributed by atoms with Crippen LogP contribution < -0.4 is 0 Å². The highest BCUT2D eigenvalue weighted by Crippen LogP contribution is 2.37. The summed E-state index contributed by atoms with van der Waals surface area (Å²) < 4.78 is 27.9. The largest absolute Gasteiger partial charge is 0.243 e. The van der Waals surface area contributed by atoms with E-state index in [4.69, 9.17) is 0 Å². The van der Waals surface area contributed by atoms with E-state index in [1.165, 1.54) is 5.57 Å². The number of nitrogens with zero attached hydrogens (tertiary/aromatic N) is 1. The first-order valence-electron chi connectivity index (χ1n) is 7.77. The highest BCUT2D eigenvalue weighted by molar-refractivity contribution is 7.89. The Morgan fingerprint density at radius 3 is 2.05 bits per heavy atom. The lowest BCUT2D eigenvalue weighted by molar-refractivity contribution is 0.173. The van der Waals surface area contributed by atoms with E-state index in [0.717, 1.165) is 17.6 Å². The van der Waals surface area contributed by atoms with Gasteiger partial charge in [0.05, 0.1) is 4.90 Å². The minimum atomic E-state index is -3.47. The second kappa shape index (κ2) is 5.82. The molecule has 0 amide bonds. The second-order valence-corrected chi connectivity index (χ2v) is 9.40. The standard InChI is InChI=1S/C18H27NO2S/c1-13-7-9-16(10-8-13)22(20,21)19-12-15(3)14(2)11-17(19)18(4,5)6/h7-10,17H,11-12H2,1-6H3. The molecule has 1 unspecified atom stereocenters. The van der Waals surface area contributed by atoms with Gasteiger partial charge in [-0.15, -0.1) is 0 Å². The predicted molar refractivity (Wildman–Crippen MR) is 91.3 cm³/mol. The van der Waals surface area contributed by atoms with Gasteiger partial charge in [-0.05, 0) is 44.7 Å². The summed E-state index contributed by atoms with van der Waals surface area (Å²) in [5, 5.41) is 0. The molecule has 4 heteroatoms. The maximum Gasteiger partial charge on any atom is 0.243 e. The van der Waals surface area contributed by atoms with Crippen molar-refractivity contribution in [3.05, 3.63) is 41.0 Å². The summed E-state index contributed by atoms with van der Waals surface area (Å²) in [5.74, 6) is 0. The molecule has 2 rings (SSSR count). The van der Waals surface area contributed by atoms with E-state index in [2.05, 4.69) is 27.7 Å². The lowest BCUT2D eigenvalue weighted by Gasteiger charge is -2.43. The zero-order valence-electron chi connectivity index (χ0n) is 14.5. The average Bonchev–Trinajstić information content (AvgIpc) is 2.40. The van der Waals surface area contributed by atoms with Gasteiger partial charge in [-0.25, -0.2) is 8.42 Å². The molecule has 1 aromatic carbocycles. The zero-order chi connectivity index (χ0) is 16.7. The molecule has 0 aliphatic carbocycles. The van der Waals surface area contributed by atoms with E-state index in [-0.39, 0.29) is 11.5 Å². The third-order valence-electron chi connectivity index (χ3n) is 4.60. The molecule has 122 valence electrons. The number of hydrogen-bond acceptors (Lipinski definition) is 2. The molecule has 0 aromatic heterocycles. The lowest BCUT2D eigenvalue weighted by atomic mass is 9.80. The van der Waals surface area contributed by atoms with Gasteiger partial charge in [-0.2, -0.15) is 4.31 Å². The molecule has 0 spiro atoms. The van der Waals surface area contributed by atoms with Gasteiger partial charge >= 0.3 is 0 Å². The van der Waals surface area contributed by atoms with Crippen molar-refractivity contribution in [2.45, 2.75) is 58.9 Å². The van der Waals surface area contributed by atoms with Crippen molar-refractivity contribution in [2.75, 3.05) is 6.54 Å². The van der Waals surface area contributed by atoms with Crippen LogP contribution in [0, 0.1) is 12.3 Å². The Morgan fingerprint density at radius 2 is 1.55 bits per heavy atom. The van der Waals surface area contributed by atoms with Gasteiger partial charge < -0.3 is 0 Å². The maximum atomic E-state index is 13.1. The van der Waals surface area contributed by atoms with Crippen LogP contribution in [-0.4, -0.2) is 25.3 Å². The van der Waals surface area contributed by atoms with Crippen molar-refractivity contribution >= 4 is 10.0 Å². The minimum Gasteiger partial charge on any atom is -0.207 e. The van der Waals surface area contributed by atoms with E-state index in [0.29, 0.717) is 11.4 Å². The third kappa shape index (κ3) is 3.28. The molecule has 0 N–H and O–H groups in total.